The molecule has 5 aliphatic rings. The van der Waals surface area contributed by atoms with E-state index in [9.17, 15) is 9.59 Å². The van der Waals surface area contributed by atoms with Gasteiger partial charge in [0.1, 0.15) is 6.61 Å². The number of hydrogen-bond donors (Lipinski definition) is 0. The molecule has 1 saturated heterocycles. The lowest BCUT2D eigenvalue weighted by Crippen LogP contribution is -2.63. The molecule has 1 amide bonds. The minimum atomic E-state index is -0.387. The molecular formula is C19H27NO3. The highest BCUT2D eigenvalue weighted by Crippen LogP contribution is 2.59. The first kappa shape index (κ1) is 15.2. The molecule has 0 spiro atoms. The number of nitrogens with zero attached hydrogens (tertiary/aromatic N) is 1. The summed E-state index contributed by atoms with van der Waals surface area (Å²) in [6, 6.07) is 0.0534. The molecular weight excluding hydrogens is 290 g/mol. The molecule has 4 bridgehead atoms. The molecule has 5 rings (SSSR count). The Morgan fingerprint density at radius 3 is 2.30 bits per heavy atom. The first-order valence-electron chi connectivity index (χ1n) is 9.13. The number of carbonyl (C=O) groups excluding carboxylic acids is 2. The summed E-state index contributed by atoms with van der Waals surface area (Å²) in [5, 5.41) is 0. The molecule has 0 N–H and O–H groups in total. The fraction of sp³-hybridized carbons (Fsp3) is 0.789. The third-order valence-corrected chi connectivity index (χ3v) is 6.75. The Morgan fingerprint density at radius 2 is 1.78 bits per heavy atom. The molecule has 2 unspecified atom stereocenters. The number of amides is 1. The summed E-state index contributed by atoms with van der Waals surface area (Å²) in [7, 11) is 0. The van der Waals surface area contributed by atoms with Crippen LogP contribution in [-0.4, -0.2) is 35.0 Å². The molecule has 1 aliphatic heterocycles. The van der Waals surface area contributed by atoms with E-state index >= 15 is 0 Å². The average molecular weight is 317 g/mol. The molecule has 4 nitrogen and oxygen atoms in total. The van der Waals surface area contributed by atoms with E-state index in [-0.39, 0.29) is 29.4 Å². The number of esters is 1. The maximum absolute atomic E-state index is 12.9. The van der Waals surface area contributed by atoms with Gasteiger partial charge >= 0.3 is 5.97 Å². The molecule has 0 aromatic carbocycles. The quantitative estimate of drug-likeness (QED) is 0.591. The van der Waals surface area contributed by atoms with Crippen LogP contribution in [0.25, 0.3) is 0 Å². The fourth-order valence-corrected chi connectivity index (χ4v) is 6.39. The van der Waals surface area contributed by atoms with Crippen LogP contribution >= 0.6 is 0 Å². The van der Waals surface area contributed by atoms with Crippen LogP contribution in [0.15, 0.2) is 12.7 Å². The zero-order valence-corrected chi connectivity index (χ0v) is 14.0. The lowest BCUT2D eigenvalue weighted by Gasteiger charge is -2.60. The fourth-order valence-electron chi connectivity index (χ4n) is 6.39. The van der Waals surface area contributed by atoms with Gasteiger partial charge in [0, 0.05) is 17.5 Å². The van der Waals surface area contributed by atoms with Crippen molar-refractivity contribution in [3.63, 3.8) is 0 Å². The summed E-state index contributed by atoms with van der Waals surface area (Å²) >= 11 is 0. The molecule has 2 atom stereocenters. The summed E-state index contributed by atoms with van der Waals surface area (Å²) in [4.78, 5) is 26.5. The Hall–Kier alpha value is -1.32. The van der Waals surface area contributed by atoms with Gasteiger partial charge < -0.3 is 9.64 Å². The summed E-state index contributed by atoms with van der Waals surface area (Å²) in [6.07, 6.45) is 9.63. The second kappa shape index (κ2) is 5.35. The molecule has 1 heterocycles. The highest BCUT2D eigenvalue weighted by Gasteiger charge is 2.58. The zero-order chi connectivity index (χ0) is 16.2. The van der Waals surface area contributed by atoms with Gasteiger partial charge in [0.05, 0.1) is 6.04 Å². The van der Waals surface area contributed by atoms with Crippen molar-refractivity contribution in [2.45, 2.75) is 63.5 Å². The van der Waals surface area contributed by atoms with Crippen molar-refractivity contribution < 1.29 is 14.3 Å². The highest BCUT2D eigenvalue weighted by atomic mass is 16.5. The van der Waals surface area contributed by atoms with Crippen molar-refractivity contribution in [2.75, 3.05) is 6.61 Å². The zero-order valence-electron chi connectivity index (χ0n) is 14.0. The molecule has 0 aromatic heterocycles. The standard InChI is InChI=1S/C19H27NO3/c1-3-17(21)23-11-16-4-12(2)18(22)20(16)19-8-13-5-14(9-19)7-15(6-13)10-19/h3,12-16H,1,4-11H2,2H3. The van der Waals surface area contributed by atoms with E-state index in [0.29, 0.717) is 6.61 Å². The van der Waals surface area contributed by atoms with E-state index in [1.807, 2.05) is 6.92 Å². The Labute approximate surface area is 138 Å². The second-order valence-electron chi connectivity index (χ2n) is 8.47. The molecule has 5 fully saturated rings. The third kappa shape index (κ3) is 2.41. The molecule has 0 aromatic rings. The van der Waals surface area contributed by atoms with E-state index < -0.39 is 0 Å². The molecule has 4 saturated carbocycles. The van der Waals surface area contributed by atoms with Gasteiger partial charge in [-0.25, -0.2) is 4.79 Å². The van der Waals surface area contributed by atoms with Crippen LogP contribution in [0.1, 0.15) is 51.9 Å². The first-order valence-corrected chi connectivity index (χ1v) is 9.13. The van der Waals surface area contributed by atoms with Gasteiger partial charge in [0.15, 0.2) is 0 Å². The minimum absolute atomic E-state index is 0.0513. The van der Waals surface area contributed by atoms with Crippen LogP contribution in [0.2, 0.25) is 0 Å². The number of carbonyl (C=O) groups is 2. The normalized spacial score (nSPS) is 44.7. The number of likely N-dealkylation sites (tertiary alicyclic amines) is 1. The van der Waals surface area contributed by atoms with Crippen molar-refractivity contribution in [2.24, 2.45) is 23.7 Å². The monoisotopic (exact) mass is 317 g/mol. The van der Waals surface area contributed by atoms with Gasteiger partial charge in [-0.05, 0) is 62.7 Å². The second-order valence-corrected chi connectivity index (χ2v) is 8.47. The van der Waals surface area contributed by atoms with E-state index in [1.165, 1.54) is 44.6 Å². The van der Waals surface area contributed by atoms with Gasteiger partial charge in [-0.15, -0.1) is 0 Å². The average Bonchev–Trinajstić information content (AvgIpc) is 2.79. The molecule has 0 radical (unpaired) electrons. The third-order valence-electron chi connectivity index (χ3n) is 6.75. The van der Waals surface area contributed by atoms with Crippen molar-refractivity contribution in [3.8, 4) is 0 Å². The smallest absolute Gasteiger partial charge is 0.330 e. The van der Waals surface area contributed by atoms with E-state index in [1.54, 1.807) is 0 Å². The van der Waals surface area contributed by atoms with Gasteiger partial charge in [-0.1, -0.05) is 13.5 Å². The number of rotatable bonds is 4. The van der Waals surface area contributed by atoms with E-state index in [4.69, 9.17) is 4.74 Å². The van der Waals surface area contributed by atoms with Crippen LogP contribution < -0.4 is 0 Å². The van der Waals surface area contributed by atoms with Gasteiger partial charge in [0.25, 0.3) is 0 Å². The van der Waals surface area contributed by atoms with Crippen LogP contribution in [-0.2, 0) is 14.3 Å². The molecule has 4 heteroatoms. The lowest BCUT2D eigenvalue weighted by atomic mass is 9.52. The topological polar surface area (TPSA) is 46.6 Å². The van der Waals surface area contributed by atoms with Crippen molar-refractivity contribution in [1.82, 2.24) is 4.90 Å². The summed E-state index contributed by atoms with van der Waals surface area (Å²) in [5.74, 6) is 2.37. The predicted octanol–water partition coefficient (Wildman–Crippen LogP) is 2.92. The van der Waals surface area contributed by atoms with Crippen LogP contribution in [0, 0.1) is 23.7 Å². The van der Waals surface area contributed by atoms with Crippen molar-refractivity contribution in [3.05, 3.63) is 12.7 Å². The van der Waals surface area contributed by atoms with E-state index in [2.05, 4.69) is 11.5 Å². The van der Waals surface area contributed by atoms with Crippen molar-refractivity contribution in [1.29, 1.82) is 0 Å². The van der Waals surface area contributed by atoms with Gasteiger partial charge in [-0.3, -0.25) is 4.79 Å². The van der Waals surface area contributed by atoms with Gasteiger partial charge in [-0.2, -0.15) is 0 Å². The highest BCUT2D eigenvalue weighted by molar-refractivity contribution is 5.83. The predicted molar refractivity (Wildman–Crippen MR) is 86.5 cm³/mol. The Balaban J connectivity index is 1.58. The molecule has 4 aliphatic carbocycles. The SMILES string of the molecule is C=CC(=O)OCC1CC(C)C(=O)N1C12CC3CC(CC(C3)C1)C2. The molecule has 23 heavy (non-hydrogen) atoms. The first-order chi connectivity index (χ1) is 11.0. The molecule has 126 valence electrons. The summed E-state index contributed by atoms with van der Waals surface area (Å²) < 4.78 is 5.31. The Kier molecular flexibility index (Phi) is 3.54. The summed E-state index contributed by atoms with van der Waals surface area (Å²) in [6.45, 7) is 5.80. The van der Waals surface area contributed by atoms with Crippen LogP contribution in [0.5, 0.6) is 0 Å². The van der Waals surface area contributed by atoms with Gasteiger partial charge in [0.2, 0.25) is 5.91 Å². The summed E-state index contributed by atoms with van der Waals surface area (Å²) in [5.41, 5.74) is 0.0574. The largest absolute Gasteiger partial charge is 0.460 e. The number of hydrogen-bond acceptors (Lipinski definition) is 3. The lowest BCUT2D eigenvalue weighted by molar-refractivity contribution is -0.157. The minimum Gasteiger partial charge on any atom is -0.460 e. The number of ether oxygens (including phenoxy) is 1. The van der Waals surface area contributed by atoms with Crippen LogP contribution in [0.4, 0.5) is 0 Å². The van der Waals surface area contributed by atoms with E-state index in [0.717, 1.165) is 24.2 Å². The van der Waals surface area contributed by atoms with Crippen LogP contribution in [0.3, 0.4) is 0 Å². The Bertz CT molecular complexity index is 505. The van der Waals surface area contributed by atoms with Crippen molar-refractivity contribution >= 4 is 11.9 Å². The maximum atomic E-state index is 12.9. The Morgan fingerprint density at radius 1 is 1.22 bits per heavy atom. The maximum Gasteiger partial charge on any atom is 0.330 e.